The minimum absolute atomic E-state index is 0.0224. The molecule has 1 aromatic heterocycles. The van der Waals surface area contributed by atoms with E-state index >= 15 is 0 Å². The number of aliphatic hydroxyl groups excluding tert-OH is 1. The Morgan fingerprint density at radius 2 is 2.05 bits per heavy atom. The molecule has 0 fully saturated rings. The van der Waals surface area contributed by atoms with Gasteiger partial charge in [0.15, 0.2) is 0 Å². The molecule has 0 radical (unpaired) electrons. The van der Waals surface area contributed by atoms with E-state index in [1.54, 1.807) is 6.20 Å². The van der Waals surface area contributed by atoms with Gasteiger partial charge < -0.3 is 10.4 Å². The highest BCUT2D eigenvalue weighted by molar-refractivity contribution is 6.32. The summed E-state index contributed by atoms with van der Waals surface area (Å²) in [5, 5.41) is 17.0. The molecule has 0 saturated heterocycles. The molecule has 1 heterocycles. The van der Waals surface area contributed by atoms with Gasteiger partial charge in [0, 0.05) is 6.54 Å². The summed E-state index contributed by atoms with van der Waals surface area (Å²) in [5.74, 6) is 0.317. The van der Waals surface area contributed by atoms with E-state index in [9.17, 15) is 9.90 Å². The Morgan fingerprint density at radius 3 is 2.50 bits per heavy atom. The summed E-state index contributed by atoms with van der Waals surface area (Å²) in [6.45, 7) is 8.50. The van der Waals surface area contributed by atoms with E-state index < -0.39 is 5.54 Å². The fourth-order valence-corrected chi connectivity index (χ4v) is 2.20. The number of halogens is 1. The summed E-state index contributed by atoms with van der Waals surface area (Å²) in [5.41, 5.74) is -0.291. The van der Waals surface area contributed by atoms with Crippen LogP contribution in [-0.4, -0.2) is 27.0 Å². The van der Waals surface area contributed by atoms with E-state index in [1.165, 1.54) is 4.68 Å². The minimum Gasteiger partial charge on any atom is -0.394 e. The lowest BCUT2D eigenvalue weighted by molar-refractivity contribution is 0.202. The minimum atomic E-state index is -0.470. The number of anilines is 1. The molecule has 0 bridgehead atoms. The average molecular weight is 302 g/mol. The lowest BCUT2D eigenvalue weighted by Crippen LogP contribution is -2.41. The predicted octanol–water partition coefficient (Wildman–Crippen LogP) is 2.52. The van der Waals surface area contributed by atoms with Gasteiger partial charge in [-0.2, -0.15) is 5.10 Å². The zero-order valence-corrected chi connectivity index (χ0v) is 13.4. The predicted molar refractivity (Wildman–Crippen MR) is 82.4 cm³/mol. The van der Waals surface area contributed by atoms with Gasteiger partial charge in [0.05, 0.1) is 24.0 Å². The van der Waals surface area contributed by atoms with Crippen molar-refractivity contribution < 1.29 is 5.11 Å². The zero-order valence-electron chi connectivity index (χ0n) is 12.6. The molecule has 0 aliphatic carbocycles. The topological polar surface area (TPSA) is 67.2 Å². The van der Waals surface area contributed by atoms with Crippen molar-refractivity contribution in [3.05, 3.63) is 21.6 Å². The number of rotatable bonds is 7. The van der Waals surface area contributed by atoms with Crippen LogP contribution in [0.4, 0.5) is 5.69 Å². The maximum Gasteiger partial charge on any atom is 0.287 e. The first-order valence-corrected chi connectivity index (χ1v) is 7.41. The van der Waals surface area contributed by atoms with Crippen molar-refractivity contribution in [1.29, 1.82) is 0 Å². The van der Waals surface area contributed by atoms with Crippen LogP contribution in [0.5, 0.6) is 0 Å². The Bertz CT molecular complexity index is 487. The van der Waals surface area contributed by atoms with E-state index in [4.69, 9.17) is 11.6 Å². The molecule has 2 N–H and O–H groups in total. The maximum atomic E-state index is 12.1. The second kappa shape index (κ2) is 7.09. The summed E-state index contributed by atoms with van der Waals surface area (Å²) < 4.78 is 1.37. The first-order valence-electron chi connectivity index (χ1n) is 7.03. The number of hydrogen-bond donors (Lipinski definition) is 2. The lowest BCUT2D eigenvalue weighted by Gasteiger charge is -2.32. The van der Waals surface area contributed by atoms with Gasteiger partial charge in [-0.1, -0.05) is 39.3 Å². The van der Waals surface area contributed by atoms with Crippen LogP contribution in [0.2, 0.25) is 5.02 Å². The number of aromatic nitrogens is 2. The second-order valence-corrected chi connectivity index (χ2v) is 5.90. The first kappa shape index (κ1) is 17.0. The smallest absolute Gasteiger partial charge is 0.287 e. The largest absolute Gasteiger partial charge is 0.394 e. The highest BCUT2D eigenvalue weighted by Crippen LogP contribution is 2.25. The average Bonchev–Trinajstić information content (AvgIpc) is 2.43. The molecule has 1 rings (SSSR count). The highest BCUT2D eigenvalue weighted by atomic mass is 35.5. The fraction of sp³-hybridized carbons (Fsp3) is 0.714. The number of nitrogens with one attached hydrogen (secondary N) is 1. The normalized spacial score (nSPS) is 11.9. The molecule has 0 aliphatic heterocycles. The monoisotopic (exact) mass is 301 g/mol. The SMILES string of the molecule is CCC(CC)(CO)Nc1cnn(CC(C)C)c(=O)c1Cl. The third-order valence-corrected chi connectivity index (χ3v) is 3.94. The van der Waals surface area contributed by atoms with Gasteiger partial charge in [0.1, 0.15) is 5.02 Å². The lowest BCUT2D eigenvalue weighted by atomic mass is 9.93. The number of nitrogens with zero attached hydrogens (tertiary/aromatic N) is 2. The molecule has 0 spiro atoms. The summed E-state index contributed by atoms with van der Waals surface area (Å²) >= 11 is 6.14. The number of aliphatic hydroxyl groups is 1. The van der Waals surface area contributed by atoms with Crippen molar-refractivity contribution in [2.45, 2.75) is 52.6 Å². The van der Waals surface area contributed by atoms with Crippen molar-refractivity contribution >= 4 is 17.3 Å². The molecular formula is C14H24ClN3O2. The maximum absolute atomic E-state index is 12.1. The zero-order chi connectivity index (χ0) is 15.3. The van der Waals surface area contributed by atoms with E-state index in [0.717, 1.165) is 12.8 Å². The van der Waals surface area contributed by atoms with Crippen LogP contribution >= 0.6 is 11.6 Å². The van der Waals surface area contributed by atoms with Crippen LogP contribution in [0.3, 0.4) is 0 Å². The Balaban J connectivity index is 3.10. The molecule has 0 saturated carbocycles. The quantitative estimate of drug-likeness (QED) is 0.812. The molecule has 0 aromatic carbocycles. The van der Waals surface area contributed by atoms with Crippen molar-refractivity contribution in [2.75, 3.05) is 11.9 Å². The molecule has 0 amide bonds. The van der Waals surface area contributed by atoms with E-state index in [2.05, 4.69) is 10.4 Å². The van der Waals surface area contributed by atoms with Gasteiger partial charge in [0.25, 0.3) is 5.56 Å². The molecule has 20 heavy (non-hydrogen) atoms. The van der Waals surface area contributed by atoms with Gasteiger partial charge >= 0.3 is 0 Å². The van der Waals surface area contributed by atoms with Crippen LogP contribution in [0.1, 0.15) is 40.5 Å². The molecule has 0 atom stereocenters. The van der Waals surface area contributed by atoms with Gasteiger partial charge in [-0.3, -0.25) is 4.79 Å². The fourth-order valence-electron chi connectivity index (χ4n) is 2.00. The standard InChI is InChI=1S/C14H24ClN3O2/c1-5-14(6-2,9-19)17-11-7-16-18(8-10(3)4)13(20)12(11)15/h7,10,17,19H,5-6,8-9H2,1-4H3. The van der Waals surface area contributed by atoms with Gasteiger partial charge in [-0.25, -0.2) is 4.68 Å². The molecule has 6 heteroatoms. The summed E-state index contributed by atoms with van der Waals surface area (Å²) in [4.78, 5) is 12.1. The second-order valence-electron chi connectivity index (χ2n) is 5.52. The van der Waals surface area contributed by atoms with E-state index in [-0.39, 0.29) is 17.2 Å². The van der Waals surface area contributed by atoms with Crippen LogP contribution in [0, 0.1) is 5.92 Å². The summed E-state index contributed by atoms with van der Waals surface area (Å²) in [6, 6.07) is 0. The van der Waals surface area contributed by atoms with E-state index in [0.29, 0.717) is 18.2 Å². The van der Waals surface area contributed by atoms with Crippen molar-refractivity contribution in [3.63, 3.8) is 0 Å². The van der Waals surface area contributed by atoms with E-state index in [1.807, 2.05) is 27.7 Å². The Labute approximate surface area is 125 Å². The Kier molecular flexibility index (Phi) is 6.02. The molecule has 0 unspecified atom stereocenters. The van der Waals surface area contributed by atoms with Gasteiger partial charge in [-0.05, 0) is 18.8 Å². The molecule has 0 aliphatic rings. The third kappa shape index (κ3) is 3.73. The van der Waals surface area contributed by atoms with Crippen molar-refractivity contribution in [1.82, 2.24) is 9.78 Å². The first-order chi connectivity index (χ1) is 9.39. The highest BCUT2D eigenvalue weighted by Gasteiger charge is 2.26. The number of hydrogen-bond acceptors (Lipinski definition) is 4. The van der Waals surface area contributed by atoms with Crippen LogP contribution < -0.4 is 10.9 Å². The van der Waals surface area contributed by atoms with Gasteiger partial charge in [0.2, 0.25) is 0 Å². The van der Waals surface area contributed by atoms with Gasteiger partial charge in [-0.15, -0.1) is 0 Å². The Hall–Kier alpha value is -1.07. The molecule has 1 aromatic rings. The van der Waals surface area contributed by atoms with Crippen LogP contribution in [0.15, 0.2) is 11.0 Å². The Morgan fingerprint density at radius 1 is 1.45 bits per heavy atom. The van der Waals surface area contributed by atoms with Crippen LogP contribution in [-0.2, 0) is 6.54 Å². The summed E-state index contributed by atoms with van der Waals surface area (Å²) in [7, 11) is 0. The third-order valence-electron chi connectivity index (χ3n) is 3.58. The molecular weight excluding hydrogens is 278 g/mol. The molecule has 114 valence electrons. The van der Waals surface area contributed by atoms with Crippen LogP contribution in [0.25, 0.3) is 0 Å². The van der Waals surface area contributed by atoms with Crippen molar-refractivity contribution in [3.8, 4) is 0 Å². The molecule has 5 nitrogen and oxygen atoms in total. The summed E-state index contributed by atoms with van der Waals surface area (Å²) in [6.07, 6.45) is 3.01. The van der Waals surface area contributed by atoms with Crippen molar-refractivity contribution in [2.24, 2.45) is 5.92 Å².